The molecule has 3 aromatic carbocycles. The van der Waals surface area contributed by atoms with Crippen LogP contribution in [0.25, 0.3) is 0 Å². The van der Waals surface area contributed by atoms with E-state index in [1.165, 1.54) is 0 Å². The molecule has 0 saturated heterocycles. The molecule has 0 saturated carbocycles. The summed E-state index contributed by atoms with van der Waals surface area (Å²) in [5.41, 5.74) is 3.22. The van der Waals surface area contributed by atoms with Gasteiger partial charge in [0.2, 0.25) is 5.78 Å². The van der Waals surface area contributed by atoms with Crippen LogP contribution in [-0.4, -0.2) is 11.6 Å². The van der Waals surface area contributed by atoms with Crippen molar-refractivity contribution in [1.29, 1.82) is 0 Å². The average molecular weight is 314 g/mol. The number of aliphatic imine (C=N–C) groups is 1. The van der Waals surface area contributed by atoms with E-state index in [2.05, 4.69) is 10.3 Å². The highest BCUT2D eigenvalue weighted by Gasteiger charge is 2.15. The smallest absolute Gasteiger partial charge is 0.228 e. The lowest BCUT2D eigenvalue weighted by molar-refractivity contribution is 0.106. The van der Waals surface area contributed by atoms with Gasteiger partial charge in [0.25, 0.3) is 0 Å². The minimum atomic E-state index is -0.133. The van der Waals surface area contributed by atoms with Gasteiger partial charge in [-0.3, -0.25) is 4.79 Å². The van der Waals surface area contributed by atoms with Crippen LogP contribution in [0.15, 0.2) is 89.9 Å². The van der Waals surface area contributed by atoms with Crippen LogP contribution in [0.3, 0.4) is 0 Å². The lowest BCUT2D eigenvalue weighted by Crippen LogP contribution is -2.23. The molecular weight excluding hydrogens is 296 g/mol. The number of Topliss-reactive ketones (excluding diaryl/α,β-unsaturated/α-hetero) is 1. The number of rotatable bonds is 4. The number of hydrogen-bond donors (Lipinski definition) is 1. The third kappa shape index (κ3) is 3.96. The zero-order valence-electron chi connectivity index (χ0n) is 13.4. The molecule has 0 unspecified atom stereocenters. The summed E-state index contributed by atoms with van der Waals surface area (Å²) in [4.78, 5) is 17.4. The second-order valence-corrected chi connectivity index (χ2v) is 5.49. The number of nitrogens with zero attached hydrogens (tertiary/aromatic N) is 1. The van der Waals surface area contributed by atoms with Crippen molar-refractivity contribution < 1.29 is 4.79 Å². The zero-order valence-corrected chi connectivity index (χ0v) is 13.4. The topological polar surface area (TPSA) is 41.5 Å². The summed E-state index contributed by atoms with van der Waals surface area (Å²) in [7, 11) is 0. The van der Waals surface area contributed by atoms with Crippen molar-refractivity contribution in [3.63, 3.8) is 0 Å². The molecule has 3 nitrogen and oxygen atoms in total. The first-order chi connectivity index (χ1) is 11.7. The predicted molar refractivity (Wildman–Crippen MR) is 99.1 cm³/mol. The van der Waals surface area contributed by atoms with Crippen LogP contribution in [0, 0.1) is 6.92 Å². The Bertz CT molecular complexity index is 855. The van der Waals surface area contributed by atoms with Gasteiger partial charge in [0.1, 0.15) is 0 Å². The van der Waals surface area contributed by atoms with E-state index in [0.29, 0.717) is 11.4 Å². The van der Waals surface area contributed by atoms with E-state index >= 15 is 0 Å². The Kier molecular flexibility index (Phi) is 4.82. The molecule has 118 valence electrons. The highest BCUT2D eigenvalue weighted by molar-refractivity contribution is 6.49. The molecule has 0 heterocycles. The van der Waals surface area contributed by atoms with Crippen molar-refractivity contribution in [3.8, 4) is 0 Å². The maximum atomic E-state index is 12.9. The van der Waals surface area contributed by atoms with Crippen molar-refractivity contribution in [1.82, 2.24) is 0 Å². The summed E-state index contributed by atoms with van der Waals surface area (Å²) < 4.78 is 0. The fourth-order valence-electron chi connectivity index (χ4n) is 2.35. The summed E-state index contributed by atoms with van der Waals surface area (Å²) in [6.45, 7) is 1.97. The molecule has 0 radical (unpaired) electrons. The van der Waals surface area contributed by atoms with Crippen molar-refractivity contribution in [2.24, 2.45) is 4.99 Å². The average Bonchev–Trinajstić information content (AvgIpc) is 2.62. The Balaban J connectivity index is 1.98. The Morgan fingerprint density at radius 2 is 1.50 bits per heavy atom. The van der Waals surface area contributed by atoms with Crippen LogP contribution in [0.5, 0.6) is 0 Å². The number of carbonyl (C=O) groups is 1. The van der Waals surface area contributed by atoms with Crippen molar-refractivity contribution in [2.45, 2.75) is 6.92 Å². The van der Waals surface area contributed by atoms with Crippen LogP contribution in [0.1, 0.15) is 15.9 Å². The van der Waals surface area contributed by atoms with Gasteiger partial charge in [0.05, 0.1) is 5.69 Å². The summed E-state index contributed by atoms with van der Waals surface area (Å²) in [5.74, 6) is 0.171. The van der Waals surface area contributed by atoms with Crippen molar-refractivity contribution in [2.75, 3.05) is 5.32 Å². The molecule has 0 aliphatic heterocycles. The lowest BCUT2D eigenvalue weighted by Gasteiger charge is -2.10. The maximum absolute atomic E-state index is 12.9. The highest BCUT2D eigenvalue weighted by Crippen LogP contribution is 2.15. The molecular formula is C21H18N2O. The SMILES string of the molecule is Cc1cccc(C(=O)C(=Nc2ccccc2)Nc2ccccc2)c1. The second-order valence-electron chi connectivity index (χ2n) is 5.49. The van der Waals surface area contributed by atoms with Crippen LogP contribution in [-0.2, 0) is 0 Å². The first kappa shape index (κ1) is 15.7. The molecule has 0 amide bonds. The minimum Gasteiger partial charge on any atom is -0.337 e. The number of amidine groups is 1. The van der Waals surface area contributed by atoms with Crippen LogP contribution < -0.4 is 5.32 Å². The molecule has 0 fully saturated rings. The van der Waals surface area contributed by atoms with Gasteiger partial charge in [-0.15, -0.1) is 0 Å². The molecule has 0 aromatic heterocycles. The third-order valence-corrected chi connectivity index (χ3v) is 3.53. The van der Waals surface area contributed by atoms with E-state index in [1.807, 2.05) is 91.9 Å². The van der Waals surface area contributed by atoms with E-state index in [-0.39, 0.29) is 5.78 Å². The Morgan fingerprint density at radius 1 is 0.833 bits per heavy atom. The van der Waals surface area contributed by atoms with E-state index in [9.17, 15) is 4.79 Å². The van der Waals surface area contributed by atoms with Gasteiger partial charge >= 0.3 is 0 Å². The maximum Gasteiger partial charge on any atom is 0.228 e. The monoisotopic (exact) mass is 314 g/mol. The Morgan fingerprint density at radius 3 is 2.17 bits per heavy atom. The third-order valence-electron chi connectivity index (χ3n) is 3.53. The van der Waals surface area contributed by atoms with Gasteiger partial charge in [0.15, 0.2) is 5.84 Å². The molecule has 1 N–H and O–H groups in total. The Hall–Kier alpha value is -3.20. The number of benzene rings is 3. The normalized spacial score (nSPS) is 11.1. The van der Waals surface area contributed by atoms with Gasteiger partial charge < -0.3 is 5.32 Å². The number of hydrogen-bond acceptors (Lipinski definition) is 2. The van der Waals surface area contributed by atoms with Gasteiger partial charge in [-0.05, 0) is 37.3 Å². The highest BCUT2D eigenvalue weighted by atomic mass is 16.1. The standard InChI is InChI=1S/C21H18N2O/c1-16-9-8-10-17(15-16)20(24)21(22-18-11-4-2-5-12-18)23-19-13-6-3-7-14-19/h2-15H,1H3,(H,22,23). The summed E-state index contributed by atoms with van der Waals surface area (Å²) >= 11 is 0. The number of carbonyl (C=O) groups excluding carboxylic acids is 1. The minimum absolute atomic E-state index is 0.133. The number of aryl methyl sites for hydroxylation is 1. The van der Waals surface area contributed by atoms with E-state index in [0.717, 1.165) is 16.9 Å². The first-order valence-electron chi connectivity index (χ1n) is 7.79. The largest absolute Gasteiger partial charge is 0.337 e. The van der Waals surface area contributed by atoms with Crippen LogP contribution >= 0.6 is 0 Å². The lowest BCUT2D eigenvalue weighted by atomic mass is 10.1. The molecule has 0 aliphatic carbocycles. The molecule has 3 heteroatoms. The molecule has 0 aliphatic rings. The van der Waals surface area contributed by atoms with E-state index in [1.54, 1.807) is 0 Å². The number of para-hydroxylation sites is 2. The van der Waals surface area contributed by atoms with Gasteiger partial charge in [-0.2, -0.15) is 0 Å². The molecule has 3 rings (SSSR count). The van der Waals surface area contributed by atoms with Gasteiger partial charge in [0, 0.05) is 11.3 Å². The zero-order chi connectivity index (χ0) is 16.8. The molecule has 0 atom stereocenters. The van der Waals surface area contributed by atoms with E-state index in [4.69, 9.17) is 0 Å². The summed E-state index contributed by atoms with van der Waals surface area (Å²) in [5, 5.41) is 3.15. The molecule has 0 bridgehead atoms. The summed E-state index contributed by atoms with van der Waals surface area (Å²) in [6, 6.07) is 26.6. The quantitative estimate of drug-likeness (QED) is 0.417. The fourth-order valence-corrected chi connectivity index (χ4v) is 2.35. The van der Waals surface area contributed by atoms with Crippen LogP contribution in [0.4, 0.5) is 11.4 Å². The number of nitrogens with one attached hydrogen (secondary N) is 1. The van der Waals surface area contributed by atoms with Gasteiger partial charge in [-0.25, -0.2) is 4.99 Å². The fraction of sp³-hybridized carbons (Fsp3) is 0.0476. The Labute approximate surface area is 141 Å². The van der Waals surface area contributed by atoms with E-state index < -0.39 is 0 Å². The first-order valence-corrected chi connectivity index (χ1v) is 7.79. The number of anilines is 1. The van der Waals surface area contributed by atoms with Crippen molar-refractivity contribution in [3.05, 3.63) is 96.1 Å². The molecule has 24 heavy (non-hydrogen) atoms. The van der Waals surface area contributed by atoms with Gasteiger partial charge in [-0.1, -0.05) is 60.2 Å². The van der Waals surface area contributed by atoms with Crippen LogP contribution in [0.2, 0.25) is 0 Å². The summed E-state index contributed by atoms with van der Waals surface area (Å²) in [6.07, 6.45) is 0. The molecule has 0 spiro atoms. The molecule has 3 aromatic rings. The predicted octanol–water partition coefficient (Wildman–Crippen LogP) is 5.02. The number of ketones is 1. The second kappa shape index (κ2) is 7.38. The van der Waals surface area contributed by atoms with Crippen molar-refractivity contribution >= 4 is 23.0 Å².